The largest absolute Gasteiger partial charge is 0.465 e. The van der Waals surface area contributed by atoms with E-state index in [2.05, 4.69) is 10.1 Å². The minimum absolute atomic E-state index is 0.105. The highest BCUT2D eigenvalue weighted by Gasteiger charge is 2.28. The molecule has 7 nitrogen and oxygen atoms in total. The molecular formula is C18H17ClN2O5S. The summed E-state index contributed by atoms with van der Waals surface area (Å²) in [5, 5.41) is 2.83. The van der Waals surface area contributed by atoms with Gasteiger partial charge >= 0.3 is 5.97 Å². The van der Waals surface area contributed by atoms with Gasteiger partial charge in [-0.05, 0) is 36.8 Å². The molecule has 1 aliphatic rings. The SMILES string of the molecule is COC(=O)c1ccccc1C(=O)Nc1ccc(N2CCCS2(=O)=O)cc1Cl. The number of hydrogen-bond acceptors (Lipinski definition) is 5. The number of esters is 1. The fraction of sp³-hybridized carbons (Fsp3) is 0.222. The Bertz CT molecular complexity index is 1010. The topological polar surface area (TPSA) is 92.8 Å². The zero-order chi connectivity index (χ0) is 19.6. The maximum atomic E-state index is 12.6. The number of anilines is 2. The maximum Gasteiger partial charge on any atom is 0.338 e. The third kappa shape index (κ3) is 3.91. The van der Waals surface area contributed by atoms with Crippen molar-refractivity contribution in [2.45, 2.75) is 6.42 Å². The predicted octanol–water partition coefficient (Wildman–Crippen LogP) is 2.92. The van der Waals surface area contributed by atoms with Crippen molar-refractivity contribution in [3.8, 4) is 0 Å². The first-order valence-corrected chi connectivity index (χ1v) is 10.1. The van der Waals surface area contributed by atoms with Crippen LogP contribution in [-0.2, 0) is 14.8 Å². The second kappa shape index (κ2) is 7.58. The number of ether oxygens (including phenoxy) is 1. The van der Waals surface area contributed by atoms with E-state index in [1.165, 1.54) is 35.7 Å². The van der Waals surface area contributed by atoms with Gasteiger partial charge in [0, 0.05) is 6.54 Å². The van der Waals surface area contributed by atoms with Gasteiger partial charge in [-0.2, -0.15) is 0 Å². The highest BCUT2D eigenvalue weighted by Crippen LogP contribution is 2.31. The summed E-state index contributed by atoms with van der Waals surface area (Å²) < 4.78 is 30.0. The maximum absolute atomic E-state index is 12.6. The van der Waals surface area contributed by atoms with Crippen LogP contribution in [0.5, 0.6) is 0 Å². The summed E-state index contributed by atoms with van der Waals surface area (Å²) in [6, 6.07) is 10.9. The number of sulfonamides is 1. The van der Waals surface area contributed by atoms with Crippen LogP contribution in [-0.4, -0.2) is 39.7 Å². The van der Waals surface area contributed by atoms with Crippen molar-refractivity contribution in [3.05, 3.63) is 58.6 Å². The number of carbonyl (C=O) groups is 2. The van der Waals surface area contributed by atoms with Crippen LogP contribution in [0.2, 0.25) is 5.02 Å². The van der Waals surface area contributed by atoms with Gasteiger partial charge < -0.3 is 10.1 Å². The van der Waals surface area contributed by atoms with Crippen molar-refractivity contribution in [1.29, 1.82) is 0 Å². The van der Waals surface area contributed by atoms with Gasteiger partial charge in [0.25, 0.3) is 5.91 Å². The molecule has 0 spiro atoms. The van der Waals surface area contributed by atoms with Crippen molar-refractivity contribution in [2.75, 3.05) is 29.0 Å². The first kappa shape index (κ1) is 19.2. The van der Waals surface area contributed by atoms with Gasteiger partial charge in [-0.3, -0.25) is 9.10 Å². The van der Waals surface area contributed by atoms with Crippen LogP contribution in [0, 0.1) is 0 Å². The molecule has 0 radical (unpaired) electrons. The summed E-state index contributed by atoms with van der Waals surface area (Å²) >= 11 is 6.23. The van der Waals surface area contributed by atoms with Gasteiger partial charge in [0.2, 0.25) is 10.0 Å². The minimum atomic E-state index is -3.32. The number of methoxy groups -OCH3 is 1. The molecule has 0 saturated carbocycles. The molecule has 2 aromatic rings. The monoisotopic (exact) mass is 408 g/mol. The highest BCUT2D eigenvalue weighted by atomic mass is 35.5. The number of benzene rings is 2. The molecule has 1 aliphatic heterocycles. The van der Waals surface area contributed by atoms with Gasteiger partial charge in [0.15, 0.2) is 0 Å². The molecule has 0 unspecified atom stereocenters. The number of amides is 1. The van der Waals surface area contributed by atoms with E-state index in [1.807, 2.05) is 0 Å². The Labute approximate surface area is 161 Å². The third-order valence-corrected chi connectivity index (χ3v) is 6.35. The van der Waals surface area contributed by atoms with E-state index < -0.39 is 21.9 Å². The number of rotatable bonds is 4. The Morgan fingerprint density at radius 2 is 1.85 bits per heavy atom. The van der Waals surface area contributed by atoms with Crippen LogP contribution in [0.25, 0.3) is 0 Å². The molecule has 1 fully saturated rings. The third-order valence-electron chi connectivity index (χ3n) is 4.17. The second-order valence-corrected chi connectivity index (χ2v) is 8.32. The lowest BCUT2D eigenvalue weighted by Crippen LogP contribution is -2.25. The van der Waals surface area contributed by atoms with E-state index in [9.17, 15) is 18.0 Å². The number of nitrogens with one attached hydrogen (secondary N) is 1. The standard InChI is InChI=1S/C18H17ClN2O5S/c1-26-18(23)14-6-3-2-5-13(14)17(22)20-16-8-7-12(11-15(16)19)21-9-4-10-27(21,24)25/h2-3,5-8,11H,4,9-10H2,1H3,(H,20,22). The van der Waals surface area contributed by atoms with Crippen LogP contribution in [0.1, 0.15) is 27.1 Å². The molecule has 142 valence electrons. The van der Waals surface area contributed by atoms with E-state index in [0.717, 1.165) is 0 Å². The average Bonchev–Trinajstić information content (AvgIpc) is 3.01. The second-order valence-electron chi connectivity index (χ2n) is 5.90. The summed E-state index contributed by atoms with van der Waals surface area (Å²) in [4.78, 5) is 24.4. The quantitative estimate of drug-likeness (QED) is 0.785. The summed E-state index contributed by atoms with van der Waals surface area (Å²) in [7, 11) is -2.08. The zero-order valence-corrected chi connectivity index (χ0v) is 16.0. The first-order chi connectivity index (χ1) is 12.8. The molecule has 9 heteroatoms. The van der Waals surface area contributed by atoms with E-state index in [0.29, 0.717) is 24.3 Å². The molecule has 0 aromatic heterocycles. The lowest BCUT2D eigenvalue weighted by atomic mass is 10.1. The van der Waals surface area contributed by atoms with Crippen LogP contribution in [0.15, 0.2) is 42.5 Å². The first-order valence-electron chi connectivity index (χ1n) is 8.12. The van der Waals surface area contributed by atoms with E-state index in [4.69, 9.17) is 11.6 Å². The van der Waals surface area contributed by atoms with Crippen molar-refractivity contribution >= 4 is 44.9 Å². The van der Waals surface area contributed by atoms with Crippen LogP contribution in [0.4, 0.5) is 11.4 Å². The molecule has 1 N–H and O–H groups in total. The summed E-state index contributed by atoms with van der Waals surface area (Å²) in [6.07, 6.45) is 0.558. The number of carbonyl (C=O) groups excluding carboxylic acids is 2. The van der Waals surface area contributed by atoms with E-state index in [-0.39, 0.29) is 21.9 Å². The van der Waals surface area contributed by atoms with Crippen molar-refractivity contribution < 1.29 is 22.7 Å². The molecule has 27 heavy (non-hydrogen) atoms. The molecule has 0 bridgehead atoms. The molecule has 0 aliphatic carbocycles. The molecule has 3 rings (SSSR count). The van der Waals surface area contributed by atoms with Crippen LogP contribution < -0.4 is 9.62 Å². The molecule has 1 amide bonds. The van der Waals surface area contributed by atoms with Gasteiger partial charge in [0.1, 0.15) is 0 Å². The van der Waals surface area contributed by atoms with Gasteiger partial charge in [-0.15, -0.1) is 0 Å². The molecule has 2 aromatic carbocycles. The molecule has 0 atom stereocenters. The minimum Gasteiger partial charge on any atom is -0.465 e. The number of hydrogen-bond donors (Lipinski definition) is 1. The van der Waals surface area contributed by atoms with E-state index in [1.54, 1.807) is 18.2 Å². The normalized spacial score (nSPS) is 15.4. The average molecular weight is 409 g/mol. The number of nitrogens with zero attached hydrogens (tertiary/aromatic N) is 1. The smallest absolute Gasteiger partial charge is 0.338 e. The zero-order valence-electron chi connectivity index (χ0n) is 14.4. The lowest BCUT2D eigenvalue weighted by Gasteiger charge is -2.18. The Hall–Kier alpha value is -2.58. The van der Waals surface area contributed by atoms with Crippen LogP contribution in [0.3, 0.4) is 0 Å². The van der Waals surface area contributed by atoms with Crippen molar-refractivity contribution in [1.82, 2.24) is 0 Å². The van der Waals surface area contributed by atoms with Gasteiger partial charge in [-0.25, -0.2) is 13.2 Å². The van der Waals surface area contributed by atoms with Crippen LogP contribution >= 0.6 is 11.6 Å². The summed E-state index contributed by atoms with van der Waals surface area (Å²) in [5.74, 6) is -1.05. The predicted molar refractivity (Wildman–Crippen MR) is 103 cm³/mol. The fourth-order valence-corrected chi connectivity index (χ4v) is 4.63. The van der Waals surface area contributed by atoms with Crippen molar-refractivity contribution in [3.63, 3.8) is 0 Å². The van der Waals surface area contributed by atoms with E-state index >= 15 is 0 Å². The molecule has 1 saturated heterocycles. The fourth-order valence-electron chi connectivity index (χ4n) is 2.85. The van der Waals surface area contributed by atoms with Gasteiger partial charge in [0.05, 0.1) is 40.4 Å². The summed E-state index contributed by atoms with van der Waals surface area (Å²) in [6.45, 7) is 0.400. The van der Waals surface area contributed by atoms with Crippen molar-refractivity contribution in [2.24, 2.45) is 0 Å². The highest BCUT2D eigenvalue weighted by molar-refractivity contribution is 7.93. The van der Waals surface area contributed by atoms with Gasteiger partial charge in [-0.1, -0.05) is 23.7 Å². The lowest BCUT2D eigenvalue weighted by molar-refractivity contribution is 0.0597. The Balaban J connectivity index is 1.85. The number of halogens is 1. The molecular weight excluding hydrogens is 392 g/mol. The Morgan fingerprint density at radius 1 is 1.15 bits per heavy atom. The Kier molecular flexibility index (Phi) is 5.38. The summed E-state index contributed by atoms with van der Waals surface area (Å²) in [5.41, 5.74) is 1.03. The molecule has 1 heterocycles. The Morgan fingerprint density at radius 3 is 2.44 bits per heavy atom.